The first kappa shape index (κ1) is 12.6. The first-order chi connectivity index (χ1) is 8.61. The number of nitrogen functional groups attached to an aromatic ring is 1. The highest BCUT2D eigenvalue weighted by Crippen LogP contribution is 2.26. The maximum Gasteiger partial charge on any atom is 0.260 e. The maximum absolute atomic E-state index is 12.3. The molecule has 0 aliphatic rings. The van der Waals surface area contributed by atoms with Gasteiger partial charge in [-0.25, -0.2) is 0 Å². The summed E-state index contributed by atoms with van der Waals surface area (Å²) in [5.41, 5.74) is 7.62. The molecule has 0 aliphatic heterocycles. The average molecular weight is 305 g/mol. The van der Waals surface area contributed by atoms with Crippen molar-refractivity contribution < 1.29 is 4.79 Å². The lowest BCUT2D eigenvalue weighted by Gasteiger charge is -2.19. The summed E-state index contributed by atoms with van der Waals surface area (Å²) in [6.45, 7) is 0. The van der Waals surface area contributed by atoms with Crippen LogP contribution in [0.25, 0.3) is 0 Å². The van der Waals surface area contributed by atoms with Crippen molar-refractivity contribution in [3.05, 3.63) is 58.6 Å². The number of carbonyl (C=O) groups excluding carboxylic acids is 1. The first-order valence-electron chi connectivity index (χ1n) is 5.48. The summed E-state index contributed by atoms with van der Waals surface area (Å²) in [4.78, 5) is 13.9. The second-order valence-electron chi connectivity index (χ2n) is 3.90. The molecule has 2 N–H and O–H groups in total. The van der Waals surface area contributed by atoms with Crippen molar-refractivity contribution in [2.45, 2.75) is 0 Å². The van der Waals surface area contributed by atoms with Gasteiger partial charge >= 0.3 is 0 Å². The van der Waals surface area contributed by atoms with E-state index in [1.807, 2.05) is 30.3 Å². The van der Waals surface area contributed by atoms with Gasteiger partial charge in [-0.15, -0.1) is 0 Å². The zero-order valence-electron chi connectivity index (χ0n) is 9.93. The van der Waals surface area contributed by atoms with E-state index in [0.29, 0.717) is 11.3 Å². The Kier molecular flexibility index (Phi) is 3.67. The molecule has 0 saturated heterocycles. The fourth-order valence-electron chi connectivity index (χ4n) is 1.71. The third-order valence-electron chi connectivity index (χ3n) is 2.71. The Hall–Kier alpha value is -1.81. The molecule has 0 aliphatic carbocycles. The van der Waals surface area contributed by atoms with Crippen LogP contribution in [0.15, 0.2) is 53.0 Å². The molecule has 2 aromatic rings. The third-order valence-corrected chi connectivity index (χ3v) is 3.38. The number of hydrogen-bond donors (Lipinski definition) is 1. The van der Waals surface area contributed by atoms with Crippen LogP contribution in [-0.2, 0) is 0 Å². The molecule has 0 aromatic heterocycles. The minimum Gasteiger partial charge on any atom is -0.398 e. The Morgan fingerprint density at radius 3 is 2.39 bits per heavy atom. The van der Waals surface area contributed by atoms with E-state index in [0.717, 1.165) is 10.2 Å². The summed E-state index contributed by atoms with van der Waals surface area (Å²) >= 11 is 3.43. The van der Waals surface area contributed by atoms with Crippen molar-refractivity contribution in [2.24, 2.45) is 0 Å². The smallest absolute Gasteiger partial charge is 0.260 e. The second-order valence-corrected chi connectivity index (χ2v) is 4.76. The van der Waals surface area contributed by atoms with Gasteiger partial charge in [-0.2, -0.15) is 0 Å². The van der Waals surface area contributed by atoms with Crippen LogP contribution in [0, 0.1) is 0 Å². The highest BCUT2D eigenvalue weighted by Gasteiger charge is 2.17. The number of nitrogens with two attached hydrogens (primary N) is 1. The van der Waals surface area contributed by atoms with E-state index in [-0.39, 0.29) is 5.91 Å². The highest BCUT2D eigenvalue weighted by atomic mass is 79.9. The minimum atomic E-state index is -0.125. The first-order valence-corrected chi connectivity index (χ1v) is 6.27. The minimum absolute atomic E-state index is 0.125. The Morgan fingerprint density at radius 2 is 1.72 bits per heavy atom. The molecular formula is C14H13BrN2O. The Bertz CT molecular complexity index is 584. The van der Waals surface area contributed by atoms with Crippen molar-refractivity contribution in [1.82, 2.24) is 0 Å². The molecule has 2 aromatic carbocycles. The number of nitrogens with zero attached hydrogens (tertiary/aromatic N) is 1. The number of carbonyl (C=O) groups is 1. The summed E-state index contributed by atoms with van der Waals surface area (Å²) in [5.74, 6) is -0.125. The monoisotopic (exact) mass is 304 g/mol. The normalized spacial score (nSPS) is 10.1. The van der Waals surface area contributed by atoms with E-state index in [1.54, 1.807) is 30.1 Å². The van der Waals surface area contributed by atoms with Gasteiger partial charge in [0.25, 0.3) is 5.91 Å². The molecule has 4 heteroatoms. The van der Waals surface area contributed by atoms with Crippen LogP contribution >= 0.6 is 15.9 Å². The lowest BCUT2D eigenvalue weighted by Crippen LogP contribution is -2.27. The molecule has 2 rings (SSSR count). The van der Waals surface area contributed by atoms with Crippen LogP contribution in [0.4, 0.5) is 11.4 Å². The van der Waals surface area contributed by atoms with Gasteiger partial charge in [0.05, 0.1) is 11.3 Å². The lowest BCUT2D eigenvalue weighted by atomic mass is 10.1. The number of amides is 1. The van der Waals surface area contributed by atoms with Gasteiger partial charge in [0, 0.05) is 17.2 Å². The van der Waals surface area contributed by atoms with Crippen molar-refractivity contribution >= 4 is 33.2 Å². The molecule has 0 bridgehead atoms. The second kappa shape index (κ2) is 5.23. The molecule has 0 fully saturated rings. The summed E-state index contributed by atoms with van der Waals surface area (Å²) in [5, 5.41) is 0. The van der Waals surface area contributed by atoms with Gasteiger partial charge in [0.2, 0.25) is 0 Å². The number of rotatable bonds is 2. The fraction of sp³-hybridized carbons (Fsp3) is 0.0714. The van der Waals surface area contributed by atoms with Crippen molar-refractivity contribution in [1.29, 1.82) is 0 Å². The van der Waals surface area contributed by atoms with Crippen LogP contribution in [0.1, 0.15) is 10.4 Å². The fourth-order valence-corrected chi connectivity index (χ4v) is 2.26. The largest absolute Gasteiger partial charge is 0.398 e. The number of hydrogen-bond acceptors (Lipinski definition) is 2. The zero-order valence-corrected chi connectivity index (χ0v) is 11.5. The molecule has 1 amide bonds. The van der Waals surface area contributed by atoms with E-state index in [9.17, 15) is 4.79 Å². The van der Waals surface area contributed by atoms with Crippen LogP contribution in [0.5, 0.6) is 0 Å². The number of para-hydroxylation sites is 2. The van der Waals surface area contributed by atoms with Crippen molar-refractivity contribution in [3.8, 4) is 0 Å². The van der Waals surface area contributed by atoms with Crippen molar-refractivity contribution in [2.75, 3.05) is 17.7 Å². The lowest BCUT2D eigenvalue weighted by molar-refractivity contribution is 0.0993. The molecule has 0 unspecified atom stereocenters. The molecule has 92 valence electrons. The number of benzene rings is 2. The predicted octanol–water partition coefficient (Wildman–Crippen LogP) is 3.31. The molecule has 18 heavy (non-hydrogen) atoms. The molecule has 0 atom stereocenters. The predicted molar refractivity (Wildman–Crippen MR) is 77.7 cm³/mol. The van der Waals surface area contributed by atoms with E-state index in [1.165, 1.54) is 0 Å². The molecule has 0 saturated carbocycles. The van der Waals surface area contributed by atoms with Gasteiger partial charge < -0.3 is 10.6 Å². The standard InChI is InChI=1S/C14H13BrN2O/c1-17(13-9-5-3-7-11(13)15)14(18)10-6-2-4-8-12(10)16/h2-9H,16H2,1H3. The van der Waals surface area contributed by atoms with Crippen LogP contribution in [0.2, 0.25) is 0 Å². The summed E-state index contributed by atoms with van der Waals surface area (Å²) < 4.78 is 0.871. The van der Waals surface area contributed by atoms with Crippen molar-refractivity contribution in [3.63, 3.8) is 0 Å². The third kappa shape index (κ3) is 2.38. The summed E-state index contributed by atoms with van der Waals surface area (Å²) in [6, 6.07) is 14.6. The molecule has 0 radical (unpaired) electrons. The number of anilines is 2. The molecule has 0 spiro atoms. The van der Waals surface area contributed by atoms with Gasteiger partial charge in [0.1, 0.15) is 0 Å². The summed E-state index contributed by atoms with van der Waals surface area (Å²) in [6.07, 6.45) is 0. The Labute approximate surface area is 114 Å². The van der Waals surface area contributed by atoms with Crippen LogP contribution in [0.3, 0.4) is 0 Å². The van der Waals surface area contributed by atoms with E-state index >= 15 is 0 Å². The average Bonchev–Trinajstić information content (AvgIpc) is 2.38. The summed E-state index contributed by atoms with van der Waals surface area (Å²) in [7, 11) is 1.73. The molecule has 3 nitrogen and oxygen atoms in total. The van der Waals surface area contributed by atoms with Crippen LogP contribution < -0.4 is 10.6 Å². The van der Waals surface area contributed by atoms with Gasteiger partial charge in [-0.3, -0.25) is 4.79 Å². The molecular weight excluding hydrogens is 292 g/mol. The van der Waals surface area contributed by atoms with E-state index in [4.69, 9.17) is 5.73 Å². The van der Waals surface area contributed by atoms with E-state index < -0.39 is 0 Å². The van der Waals surface area contributed by atoms with E-state index in [2.05, 4.69) is 15.9 Å². The van der Waals surface area contributed by atoms with Gasteiger partial charge in [-0.1, -0.05) is 24.3 Å². The van der Waals surface area contributed by atoms with Crippen LogP contribution in [-0.4, -0.2) is 13.0 Å². The Balaban J connectivity index is 2.36. The number of halogens is 1. The van der Waals surface area contributed by atoms with Gasteiger partial charge in [0.15, 0.2) is 0 Å². The highest BCUT2D eigenvalue weighted by molar-refractivity contribution is 9.10. The topological polar surface area (TPSA) is 46.3 Å². The quantitative estimate of drug-likeness (QED) is 0.865. The SMILES string of the molecule is CN(C(=O)c1ccccc1N)c1ccccc1Br. The van der Waals surface area contributed by atoms with Gasteiger partial charge in [-0.05, 0) is 40.2 Å². The maximum atomic E-state index is 12.3. The Morgan fingerprint density at radius 1 is 1.11 bits per heavy atom. The molecule has 0 heterocycles. The zero-order chi connectivity index (χ0) is 13.1.